The number of sulfone groups is 1. The normalized spacial score (nSPS) is 12.4. The Hall–Kier alpha value is -0.350. The summed E-state index contributed by atoms with van der Waals surface area (Å²) in [6.45, 7) is 6.07. The molecule has 96 valence electrons. The van der Waals surface area contributed by atoms with Crippen LogP contribution in [0.15, 0.2) is 12.2 Å². The van der Waals surface area contributed by atoms with Crippen molar-refractivity contribution in [2.24, 2.45) is 0 Å². The molecule has 0 heterocycles. The Labute approximate surface area is 100 Å². The Balaban J connectivity index is 3.47. The predicted molar refractivity (Wildman–Crippen MR) is 70.5 cm³/mol. The van der Waals surface area contributed by atoms with Crippen molar-refractivity contribution >= 4 is 9.84 Å². The molecule has 0 unspecified atom stereocenters. The van der Waals surface area contributed by atoms with Crippen LogP contribution < -0.4 is 5.32 Å². The Morgan fingerprint density at radius 3 is 2.25 bits per heavy atom. The molecule has 0 bridgehead atoms. The van der Waals surface area contributed by atoms with Crippen molar-refractivity contribution in [1.82, 2.24) is 5.32 Å². The van der Waals surface area contributed by atoms with Gasteiger partial charge in [-0.15, -0.1) is 0 Å². The maximum atomic E-state index is 11.4. The van der Waals surface area contributed by atoms with Crippen molar-refractivity contribution in [3.8, 4) is 0 Å². The molecule has 0 fully saturated rings. The van der Waals surface area contributed by atoms with Gasteiger partial charge in [0, 0.05) is 5.75 Å². The Kier molecular flexibility index (Phi) is 9.63. The minimum atomic E-state index is -2.80. The zero-order valence-electron chi connectivity index (χ0n) is 10.5. The van der Waals surface area contributed by atoms with Gasteiger partial charge in [-0.1, -0.05) is 26.0 Å². The van der Waals surface area contributed by atoms with Crippen LogP contribution in [0.5, 0.6) is 0 Å². The van der Waals surface area contributed by atoms with E-state index in [0.29, 0.717) is 24.3 Å². The van der Waals surface area contributed by atoms with E-state index >= 15 is 0 Å². The standard InChI is InChI=1S/C12H25NO2S/c1-3-9-13-10-7-5-6-8-12-16(14,15)11-4-2/h5-6,13H,3-4,7-12H2,1-2H3/b6-5+. The highest BCUT2D eigenvalue weighted by Gasteiger charge is 2.06. The number of allylic oxidation sites excluding steroid dienone is 1. The molecule has 0 aromatic carbocycles. The summed E-state index contributed by atoms with van der Waals surface area (Å²) in [6.07, 6.45) is 7.53. The van der Waals surface area contributed by atoms with Crippen LogP contribution in [0.1, 0.15) is 39.5 Å². The molecule has 3 nitrogen and oxygen atoms in total. The van der Waals surface area contributed by atoms with E-state index < -0.39 is 9.84 Å². The lowest BCUT2D eigenvalue weighted by Crippen LogP contribution is -2.15. The summed E-state index contributed by atoms with van der Waals surface area (Å²) < 4.78 is 22.7. The summed E-state index contributed by atoms with van der Waals surface area (Å²) in [5.41, 5.74) is 0. The van der Waals surface area contributed by atoms with Gasteiger partial charge in [0.25, 0.3) is 0 Å². The average Bonchev–Trinajstić information content (AvgIpc) is 2.22. The van der Waals surface area contributed by atoms with E-state index in [9.17, 15) is 8.42 Å². The molecule has 0 radical (unpaired) electrons. The van der Waals surface area contributed by atoms with Crippen LogP contribution in [0.2, 0.25) is 0 Å². The summed E-state index contributed by atoms with van der Waals surface area (Å²) in [4.78, 5) is 0. The highest BCUT2D eigenvalue weighted by molar-refractivity contribution is 7.91. The molecular weight excluding hydrogens is 222 g/mol. The summed E-state index contributed by atoms with van der Waals surface area (Å²) in [6, 6.07) is 0. The van der Waals surface area contributed by atoms with Gasteiger partial charge >= 0.3 is 0 Å². The van der Waals surface area contributed by atoms with Crippen molar-refractivity contribution in [2.75, 3.05) is 24.6 Å². The molecule has 0 saturated carbocycles. The molecule has 0 aromatic heterocycles. The predicted octanol–water partition coefficient (Wildman–Crippen LogP) is 2.15. The molecule has 0 rings (SSSR count). The van der Waals surface area contributed by atoms with Crippen LogP contribution in [0.3, 0.4) is 0 Å². The number of rotatable bonds is 10. The smallest absolute Gasteiger partial charge is 0.150 e. The first-order chi connectivity index (χ1) is 7.62. The highest BCUT2D eigenvalue weighted by atomic mass is 32.2. The van der Waals surface area contributed by atoms with Crippen LogP contribution in [0, 0.1) is 0 Å². The van der Waals surface area contributed by atoms with Crippen LogP contribution in [0.25, 0.3) is 0 Å². The first kappa shape index (κ1) is 15.7. The van der Waals surface area contributed by atoms with Crippen molar-refractivity contribution in [3.05, 3.63) is 12.2 Å². The minimum absolute atomic E-state index is 0.291. The quantitative estimate of drug-likeness (QED) is 0.475. The summed E-state index contributed by atoms with van der Waals surface area (Å²) in [5.74, 6) is 0.610. The van der Waals surface area contributed by atoms with Crippen LogP contribution in [0.4, 0.5) is 0 Å². The second-order valence-corrected chi connectivity index (χ2v) is 6.25. The van der Waals surface area contributed by atoms with Gasteiger partial charge in [0.1, 0.15) is 0 Å². The van der Waals surface area contributed by atoms with E-state index in [-0.39, 0.29) is 0 Å². The second-order valence-electron chi connectivity index (χ2n) is 3.95. The highest BCUT2D eigenvalue weighted by Crippen LogP contribution is 1.98. The lowest BCUT2D eigenvalue weighted by atomic mass is 10.3. The van der Waals surface area contributed by atoms with E-state index in [2.05, 4.69) is 18.3 Å². The Morgan fingerprint density at radius 1 is 0.938 bits per heavy atom. The fraction of sp³-hybridized carbons (Fsp3) is 0.833. The molecule has 0 amide bonds. The van der Waals surface area contributed by atoms with E-state index in [4.69, 9.17) is 0 Å². The molecule has 4 heteroatoms. The molecular formula is C12H25NO2S. The largest absolute Gasteiger partial charge is 0.316 e. The van der Waals surface area contributed by atoms with Gasteiger partial charge in [-0.05, 0) is 38.8 Å². The third kappa shape index (κ3) is 10.2. The molecule has 0 aromatic rings. The number of hydrogen-bond donors (Lipinski definition) is 1. The van der Waals surface area contributed by atoms with Gasteiger partial charge in [-0.25, -0.2) is 8.42 Å². The zero-order valence-corrected chi connectivity index (χ0v) is 11.4. The monoisotopic (exact) mass is 247 g/mol. The topological polar surface area (TPSA) is 46.2 Å². The number of hydrogen-bond acceptors (Lipinski definition) is 3. The first-order valence-electron chi connectivity index (χ1n) is 6.18. The Bertz CT molecular complexity index is 271. The summed E-state index contributed by atoms with van der Waals surface area (Å²) in [5, 5.41) is 3.29. The third-order valence-corrected chi connectivity index (χ3v) is 4.08. The molecule has 0 aliphatic heterocycles. The van der Waals surface area contributed by atoms with Gasteiger partial charge in [-0.3, -0.25) is 0 Å². The molecule has 0 spiro atoms. The van der Waals surface area contributed by atoms with Gasteiger partial charge in [0.15, 0.2) is 9.84 Å². The summed E-state index contributed by atoms with van der Waals surface area (Å²) >= 11 is 0. The van der Waals surface area contributed by atoms with Crippen molar-refractivity contribution in [1.29, 1.82) is 0 Å². The van der Waals surface area contributed by atoms with Crippen molar-refractivity contribution in [2.45, 2.75) is 39.5 Å². The third-order valence-electron chi connectivity index (χ3n) is 2.19. The van der Waals surface area contributed by atoms with Crippen LogP contribution >= 0.6 is 0 Å². The van der Waals surface area contributed by atoms with E-state index in [1.807, 2.05) is 13.0 Å². The zero-order chi connectivity index (χ0) is 12.3. The fourth-order valence-electron chi connectivity index (χ4n) is 1.38. The van der Waals surface area contributed by atoms with Crippen LogP contribution in [-0.4, -0.2) is 33.0 Å². The minimum Gasteiger partial charge on any atom is -0.316 e. The van der Waals surface area contributed by atoms with Gasteiger partial charge in [-0.2, -0.15) is 0 Å². The van der Waals surface area contributed by atoms with Crippen molar-refractivity contribution < 1.29 is 8.42 Å². The fourth-order valence-corrected chi connectivity index (χ4v) is 2.70. The SMILES string of the molecule is CCCNCC/C=C/CCS(=O)(=O)CCC. The first-order valence-corrected chi connectivity index (χ1v) is 8.00. The van der Waals surface area contributed by atoms with Crippen LogP contribution in [-0.2, 0) is 9.84 Å². The van der Waals surface area contributed by atoms with Gasteiger partial charge < -0.3 is 5.32 Å². The molecule has 16 heavy (non-hydrogen) atoms. The van der Waals surface area contributed by atoms with E-state index in [0.717, 1.165) is 25.9 Å². The van der Waals surface area contributed by atoms with Gasteiger partial charge in [0.2, 0.25) is 0 Å². The second kappa shape index (κ2) is 9.85. The average molecular weight is 247 g/mol. The summed E-state index contributed by atoms with van der Waals surface area (Å²) in [7, 11) is -2.80. The maximum Gasteiger partial charge on any atom is 0.150 e. The van der Waals surface area contributed by atoms with E-state index in [1.54, 1.807) is 0 Å². The van der Waals surface area contributed by atoms with Gasteiger partial charge in [0.05, 0.1) is 5.75 Å². The van der Waals surface area contributed by atoms with E-state index in [1.165, 1.54) is 0 Å². The molecule has 0 aliphatic carbocycles. The lowest BCUT2D eigenvalue weighted by molar-refractivity contribution is 0.594. The molecule has 0 aliphatic rings. The lowest BCUT2D eigenvalue weighted by Gasteiger charge is -2.00. The Morgan fingerprint density at radius 2 is 1.62 bits per heavy atom. The number of nitrogens with one attached hydrogen (secondary N) is 1. The molecule has 0 saturated heterocycles. The molecule has 0 atom stereocenters. The molecule has 1 N–H and O–H groups in total. The van der Waals surface area contributed by atoms with Crippen molar-refractivity contribution in [3.63, 3.8) is 0 Å². The maximum absolute atomic E-state index is 11.4.